The van der Waals surface area contributed by atoms with Gasteiger partial charge in [-0.2, -0.15) is 5.10 Å². The normalized spacial score (nSPS) is 11.4. The highest BCUT2D eigenvalue weighted by molar-refractivity contribution is 9.10. The number of sulfonamides is 1. The predicted octanol–water partition coefficient (Wildman–Crippen LogP) is 5.43. The first-order valence-electron chi connectivity index (χ1n) is 10.3. The Morgan fingerprint density at radius 2 is 1.69 bits per heavy atom. The van der Waals surface area contributed by atoms with E-state index in [0.29, 0.717) is 21.5 Å². The fourth-order valence-corrected chi connectivity index (χ4v) is 5.73. The van der Waals surface area contributed by atoms with Crippen molar-refractivity contribution in [2.75, 3.05) is 25.1 Å². The van der Waals surface area contributed by atoms with Crippen molar-refractivity contribution in [2.24, 2.45) is 5.10 Å². The average molecular weight is 615 g/mol. The summed E-state index contributed by atoms with van der Waals surface area (Å²) in [5, 5.41) is 4.39. The lowest BCUT2D eigenvalue weighted by molar-refractivity contribution is -0.119. The van der Waals surface area contributed by atoms with Crippen LogP contribution in [0.1, 0.15) is 11.1 Å². The van der Waals surface area contributed by atoms with Gasteiger partial charge in [-0.3, -0.25) is 9.10 Å². The zero-order valence-electron chi connectivity index (χ0n) is 19.5. The number of nitrogens with zero attached hydrogens (tertiary/aromatic N) is 2. The summed E-state index contributed by atoms with van der Waals surface area (Å²) in [4.78, 5) is 12.8. The Labute approximate surface area is 228 Å². The second-order valence-electron chi connectivity index (χ2n) is 7.48. The fourth-order valence-electron chi connectivity index (χ4n) is 3.19. The number of methoxy groups -OCH3 is 2. The highest BCUT2D eigenvalue weighted by atomic mass is 79.9. The van der Waals surface area contributed by atoms with Crippen LogP contribution in [-0.2, 0) is 14.8 Å². The molecule has 0 spiro atoms. The molecule has 0 fully saturated rings. The summed E-state index contributed by atoms with van der Waals surface area (Å²) in [5.41, 5.74) is 3.98. The van der Waals surface area contributed by atoms with Crippen molar-refractivity contribution in [3.05, 3.63) is 80.2 Å². The molecule has 0 radical (unpaired) electrons. The molecule has 8 nitrogen and oxygen atoms in total. The highest BCUT2D eigenvalue weighted by Crippen LogP contribution is 2.36. The van der Waals surface area contributed by atoms with Gasteiger partial charge in [0, 0.05) is 10.0 Å². The first-order chi connectivity index (χ1) is 17.0. The molecule has 1 N–H and O–H groups in total. The van der Waals surface area contributed by atoms with Gasteiger partial charge in [0.15, 0.2) is 11.5 Å². The summed E-state index contributed by atoms with van der Waals surface area (Å²) in [6.07, 6.45) is 1.39. The SMILES string of the molecule is COc1cc(/C=N\NC(=O)CN(c2cc(Cl)cc(Cl)c2)S(=O)(=O)c2ccc(C)cc2)cc(Br)c1OC. The molecule has 0 aliphatic heterocycles. The van der Waals surface area contributed by atoms with E-state index in [9.17, 15) is 13.2 Å². The molecule has 0 aliphatic rings. The Balaban J connectivity index is 1.87. The number of carbonyl (C=O) groups excluding carboxylic acids is 1. The molecule has 0 unspecified atom stereocenters. The van der Waals surface area contributed by atoms with Crippen LogP contribution in [0.25, 0.3) is 0 Å². The van der Waals surface area contributed by atoms with Crippen LogP contribution >= 0.6 is 39.1 Å². The number of hydrogen-bond donors (Lipinski definition) is 1. The van der Waals surface area contributed by atoms with Crippen molar-refractivity contribution in [3.8, 4) is 11.5 Å². The fraction of sp³-hybridized carbons (Fsp3) is 0.167. The molecule has 0 saturated heterocycles. The first-order valence-corrected chi connectivity index (χ1v) is 13.3. The van der Waals surface area contributed by atoms with Crippen molar-refractivity contribution in [2.45, 2.75) is 11.8 Å². The van der Waals surface area contributed by atoms with E-state index in [1.807, 2.05) is 6.92 Å². The number of carbonyl (C=O) groups is 1. The molecule has 0 bridgehead atoms. The number of aryl methyl sites for hydroxylation is 1. The van der Waals surface area contributed by atoms with E-state index in [2.05, 4.69) is 26.5 Å². The number of benzene rings is 3. The number of hydrogen-bond acceptors (Lipinski definition) is 6. The monoisotopic (exact) mass is 613 g/mol. The lowest BCUT2D eigenvalue weighted by Crippen LogP contribution is -2.39. The van der Waals surface area contributed by atoms with Gasteiger partial charge in [-0.25, -0.2) is 13.8 Å². The lowest BCUT2D eigenvalue weighted by Gasteiger charge is -2.24. The second kappa shape index (κ2) is 12.0. The van der Waals surface area contributed by atoms with E-state index in [1.54, 1.807) is 24.3 Å². The summed E-state index contributed by atoms with van der Waals surface area (Å²) in [6, 6.07) is 14.0. The summed E-state index contributed by atoms with van der Waals surface area (Å²) < 4.78 is 39.0. The topological polar surface area (TPSA) is 97.3 Å². The molecule has 36 heavy (non-hydrogen) atoms. The molecule has 3 aromatic rings. The summed E-state index contributed by atoms with van der Waals surface area (Å²) >= 11 is 15.6. The van der Waals surface area contributed by atoms with Crippen molar-refractivity contribution in [1.29, 1.82) is 0 Å². The molecular weight excluding hydrogens is 593 g/mol. The van der Waals surface area contributed by atoms with E-state index in [-0.39, 0.29) is 20.6 Å². The third kappa shape index (κ3) is 6.70. The average Bonchev–Trinajstić information content (AvgIpc) is 2.81. The van der Waals surface area contributed by atoms with Gasteiger partial charge in [-0.05, 0) is 70.9 Å². The van der Waals surface area contributed by atoms with Crippen LogP contribution < -0.4 is 19.2 Å². The molecule has 0 heterocycles. The van der Waals surface area contributed by atoms with Gasteiger partial charge < -0.3 is 9.47 Å². The van der Waals surface area contributed by atoms with Crippen LogP contribution in [0.5, 0.6) is 11.5 Å². The van der Waals surface area contributed by atoms with E-state index in [0.717, 1.165) is 9.87 Å². The van der Waals surface area contributed by atoms with Crippen molar-refractivity contribution in [1.82, 2.24) is 5.43 Å². The quantitative estimate of drug-likeness (QED) is 0.256. The molecule has 12 heteroatoms. The molecule has 1 amide bonds. The lowest BCUT2D eigenvalue weighted by atomic mass is 10.2. The number of rotatable bonds is 9. The highest BCUT2D eigenvalue weighted by Gasteiger charge is 2.27. The van der Waals surface area contributed by atoms with Crippen LogP contribution in [0.15, 0.2) is 69.1 Å². The van der Waals surface area contributed by atoms with Gasteiger partial charge >= 0.3 is 0 Å². The van der Waals surface area contributed by atoms with E-state index >= 15 is 0 Å². The summed E-state index contributed by atoms with van der Waals surface area (Å²) in [6.45, 7) is 1.27. The molecule has 3 rings (SSSR count). The van der Waals surface area contributed by atoms with Gasteiger partial charge in [0.1, 0.15) is 6.54 Å². The van der Waals surface area contributed by atoms with Crippen LogP contribution in [0.3, 0.4) is 0 Å². The Hall–Kier alpha value is -2.79. The number of halogens is 3. The Kier molecular flexibility index (Phi) is 9.24. The molecule has 190 valence electrons. The zero-order chi connectivity index (χ0) is 26.5. The molecule has 0 saturated carbocycles. The maximum absolute atomic E-state index is 13.5. The number of anilines is 1. The number of nitrogens with one attached hydrogen (secondary N) is 1. The molecule has 0 aliphatic carbocycles. The van der Waals surface area contributed by atoms with Gasteiger partial charge in [-0.15, -0.1) is 0 Å². The minimum Gasteiger partial charge on any atom is -0.493 e. The van der Waals surface area contributed by atoms with Gasteiger partial charge in [-0.1, -0.05) is 40.9 Å². The molecular formula is C24H22BrCl2N3O5S. The van der Waals surface area contributed by atoms with Crippen LogP contribution in [-0.4, -0.2) is 41.3 Å². The first kappa shape index (κ1) is 27.8. The second-order valence-corrected chi connectivity index (χ2v) is 11.1. The third-order valence-corrected chi connectivity index (χ3v) is 7.70. The van der Waals surface area contributed by atoms with Crippen molar-refractivity contribution < 1.29 is 22.7 Å². The smallest absolute Gasteiger partial charge is 0.264 e. The minimum absolute atomic E-state index is 0.00989. The molecule has 0 atom stereocenters. The molecule has 3 aromatic carbocycles. The Morgan fingerprint density at radius 3 is 2.28 bits per heavy atom. The van der Waals surface area contributed by atoms with E-state index in [4.69, 9.17) is 32.7 Å². The molecule has 0 aromatic heterocycles. The number of hydrazone groups is 1. The standard InChI is InChI=1S/C24H22BrCl2N3O5S/c1-15-4-6-20(7-5-15)36(32,33)30(19-11-17(26)10-18(27)12-19)14-23(31)29-28-13-16-8-21(25)24(35-3)22(9-16)34-2/h4-13H,14H2,1-3H3,(H,29,31)/b28-13-. The number of ether oxygens (including phenoxy) is 2. The van der Waals surface area contributed by atoms with Crippen molar-refractivity contribution >= 4 is 67.0 Å². The maximum atomic E-state index is 13.5. The van der Waals surface area contributed by atoms with E-state index in [1.165, 1.54) is 50.8 Å². The Morgan fingerprint density at radius 1 is 1.06 bits per heavy atom. The van der Waals surface area contributed by atoms with E-state index < -0.39 is 22.5 Å². The number of amides is 1. The van der Waals surface area contributed by atoms with Gasteiger partial charge in [0.05, 0.1) is 35.5 Å². The Bertz CT molecular complexity index is 1380. The van der Waals surface area contributed by atoms with Crippen molar-refractivity contribution in [3.63, 3.8) is 0 Å². The summed E-state index contributed by atoms with van der Waals surface area (Å²) in [5.74, 6) is 0.293. The zero-order valence-corrected chi connectivity index (χ0v) is 23.4. The maximum Gasteiger partial charge on any atom is 0.264 e. The van der Waals surface area contributed by atoms with Gasteiger partial charge in [0.25, 0.3) is 15.9 Å². The largest absolute Gasteiger partial charge is 0.493 e. The predicted molar refractivity (Wildman–Crippen MR) is 145 cm³/mol. The summed E-state index contributed by atoms with van der Waals surface area (Å²) in [7, 11) is -1.12. The minimum atomic E-state index is -4.13. The van der Waals surface area contributed by atoms with Gasteiger partial charge in [0.2, 0.25) is 0 Å². The van der Waals surface area contributed by atoms with Crippen LogP contribution in [0.2, 0.25) is 10.0 Å². The van der Waals surface area contributed by atoms with Crippen LogP contribution in [0.4, 0.5) is 5.69 Å². The van der Waals surface area contributed by atoms with Crippen LogP contribution in [0, 0.1) is 6.92 Å². The third-order valence-electron chi connectivity index (χ3n) is 4.89.